The summed E-state index contributed by atoms with van der Waals surface area (Å²) in [6.45, 7) is 0.435. The maximum atomic E-state index is 12.8. The molecule has 0 unspecified atom stereocenters. The van der Waals surface area contributed by atoms with Gasteiger partial charge in [-0.25, -0.2) is 0 Å². The number of benzene rings is 2. The van der Waals surface area contributed by atoms with Crippen molar-refractivity contribution in [2.45, 2.75) is 32.2 Å². The van der Waals surface area contributed by atoms with Crippen molar-refractivity contribution in [1.29, 1.82) is 0 Å². The first-order chi connectivity index (χ1) is 14.1. The van der Waals surface area contributed by atoms with Crippen molar-refractivity contribution in [3.05, 3.63) is 71.4 Å². The summed E-state index contributed by atoms with van der Waals surface area (Å²) in [6, 6.07) is 17.2. The van der Waals surface area contributed by atoms with Gasteiger partial charge in [-0.2, -0.15) is 0 Å². The quantitative estimate of drug-likeness (QED) is 0.431. The summed E-state index contributed by atoms with van der Waals surface area (Å²) >= 11 is 0. The molecule has 0 aliphatic rings. The second kappa shape index (κ2) is 9.68. The second-order valence-electron chi connectivity index (χ2n) is 6.82. The fourth-order valence-electron chi connectivity index (χ4n) is 3.26. The molecule has 1 heterocycles. The number of methoxy groups -OCH3 is 1. The van der Waals surface area contributed by atoms with Crippen molar-refractivity contribution >= 4 is 28.6 Å². The third kappa shape index (κ3) is 5.31. The van der Waals surface area contributed by atoms with Gasteiger partial charge in [-0.1, -0.05) is 48.5 Å². The van der Waals surface area contributed by atoms with E-state index in [-0.39, 0.29) is 36.9 Å². The summed E-state index contributed by atoms with van der Waals surface area (Å²) in [5.74, 6) is -0.604. The number of carbonyl (C=O) groups is 3. The third-order valence-corrected chi connectivity index (χ3v) is 4.77. The lowest BCUT2D eigenvalue weighted by atomic mass is 10.0. The number of ether oxygens (including phenoxy) is 1. The van der Waals surface area contributed by atoms with Crippen molar-refractivity contribution in [3.8, 4) is 0 Å². The van der Waals surface area contributed by atoms with E-state index in [4.69, 9.17) is 0 Å². The lowest BCUT2D eigenvalue weighted by Crippen LogP contribution is -2.25. The Morgan fingerprint density at radius 3 is 2.45 bits per heavy atom. The lowest BCUT2D eigenvalue weighted by molar-refractivity contribution is -0.140. The molecule has 2 N–H and O–H groups in total. The highest BCUT2D eigenvalue weighted by Crippen LogP contribution is 2.24. The van der Waals surface area contributed by atoms with Gasteiger partial charge in [0.15, 0.2) is 5.78 Å². The number of nitrogens with one attached hydrogen (secondary N) is 2. The monoisotopic (exact) mass is 392 g/mol. The zero-order valence-electron chi connectivity index (χ0n) is 16.4. The Morgan fingerprint density at radius 1 is 0.966 bits per heavy atom. The first-order valence-electron chi connectivity index (χ1n) is 9.58. The Morgan fingerprint density at radius 2 is 1.69 bits per heavy atom. The Kier molecular flexibility index (Phi) is 6.79. The molecule has 0 atom stereocenters. The van der Waals surface area contributed by atoms with E-state index < -0.39 is 0 Å². The fraction of sp³-hybridized carbons (Fsp3) is 0.261. The highest BCUT2D eigenvalue weighted by atomic mass is 16.5. The first kappa shape index (κ1) is 20.3. The van der Waals surface area contributed by atoms with Gasteiger partial charge in [0.05, 0.1) is 19.2 Å². The smallest absolute Gasteiger partial charge is 0.305 e. The largest absolute Gasteiger partial charge is 0.469 e. The van der Waals surface area contributed by atoms with Crippen molar-refractivity contribution in [3.63, 3.8) is 0 Å². The third-order valence-electron chi connectivity index (χ3n) is 4.77. The molecule has 3 rings (SSSR count). The number of hydrogen-bond donors (Lipinski definition) is 2. The van der Waals surface area contributed by atoms with Crippen LogP contribution in [0.5, 0.6) is 0 Å². The van der Waals surface area contributed by atoms with Crippen LogP contribution < -0.4 is 5.32 Å². The van der Waals surface area contributed by atoms with Gasteiger partial charge >= 0.3 is 5.97 Å². The van der Waals surface area contributed by atoms with Gasteiger partial charge in [0, 0.05) is 30.3 Å². The van der Waals surface area contributed by atoms with Gasteiger partial charge in [-0.3, -0.25) is 14.4 Å². The van der Waals surface area contributed by atoms with Crippen molar-refractivity contribution < 1.29 is 19.1 Å². The summed E-state index contributed by atoms with van der Waals surface area (Å²) in [4.78, 5) is 39.7. The van der Waals surface area contributed by atoms with Gasteiger partial charge in [0.1, 0.15) is 0 Å². The molecule has 1 aromatic heterocycles. The number of aromatic amines is 1. The number of esters is 1. The van der Waals surface area contributed by atoms with Gasteiger partial charge in [0.2, 0.25) is 5.91 Å². The molecule has 0 spiro atoms. The lowest BCUT2D eigenvalue weighted by Gasteiger charge is -2.07. The molecule has 0 aliphatic carbocycles. The van der Waals surface area contributed by atoms with E-state index in [9.17, 15) is 14.4 Å². The Hall–Kier alpha value is -3.41. The summed E-state index contributed by atoms with van der Waals surface area (Å²) in [6.07, 6.45) is 0.908. The molecule has 0 radical (unpaired) electrons. The molecule has 6 heteroatoms. The minimum absolute atomic E-state index is 0.106. The van der Waals surface area contributed by atoms with Gasteiger partial charge in [-0.05, 0) is 23.6 Å². The van der Waals surface area contributed by atoms with Crippen LogP contribution in [0.2, 0.25) is 0 Å². The van der Waals surface area contributed by atoms with E-state index in [1.54, 1.807) is 0 Å². The van der Waals surface area contributed by atoms with Crippen LogP contribution in [0.15, 0.2) is 54.6 Å². The minimum Gasteiger partial charge on any atom is -0.469 e. The second-order valence-corrected chi connectivity index (χ2v) is 6.82. The summed E-state index contributed by atoms with van der Waals surface area (Å²) < 4.78 is 4.61. The van der Waals surface area contributed by atoms with Gasteiger partial charge < -0.3 is 15.0 Å². The minimum atomic E-state index is -0.338. The standard InChI is InChI=1S/C23H24N2O4/c1-29-22(28)13-7-12-20(26)23-18(17-10-5-6-11-19(17)25-23)14-21(27)24-15-16-8-3-2-4-9-16/h2-6,8-11,25H,7,12-15H2,1H3,(H,24,27). The average molecular weight is 392 g/mol. The molecular weight excluding hydrogens is 368 g/mol. The highest BCUT2D eigenvalue weighted by molar-refractivity contribution is 6.04. The van der Waals surface area contributed by atoms with E-state index in [2.05, 4.69) is 15.0 Å². The van der Waals surface area contributed by atoms with Crippen molar-refractivity contribution in [2.24, 2.45) is 0 Å². The van der Waals surface area contributed by atoms with Crippen LogP contribution in [0.3, 0.4) is 0 Å². The number of carbonyl (C=O) groups excluding carboxylic acids is 3. The number of ketones is 1. The van der Waals surface area contributed by atoms with Crippen LogP contribution in [-0.4, -0.2) is 29.8 Å². The molecule has 0 saturated heterocycles. The maximum Gasteiger partial charge on any atom is 0.305 e. The molecule has 0 bridgehead atoms. The first-order valence-corrected chi connectivity index (χ1v) is 9.58. The molecule has 1 amide bonds. The summed E-state index contributed by atoms with van der Waals surface area (Å²) in [5.41, 5.74) is 2.95. The van der Waals surface area contributed by atoms with Crippen LogP contribution in [0.25, 0.3) is 10.9 Å². The molecule has 3 aromatic rings. The predicted molar refractivity (Wildman–Crippen MR) is 110 cm³/mol. The summed E-state index contributed by atoms with van der Waals surface area (Å²) in [5, 5.41) is 3.77. The Labute approximate surface area is 169 Å². The Bertz CT molecular complexity index is 1010. The van der Waals surface area contributed by atoms with E-state index in [0.717, 1.165) is 16.5 Å². The number of fused-ring (bicyclic) bond motifs is 1. The maximum absolute atomic E-state index is 12.8. The number of aromatic nitrogens is 1. The topological polar surface area (TPSA) is 88.3 Å². The predicted octanol–water partition coefficient (Wildman–Crippen LogP) is 3.55. The fourth-order valence-corrected chi connectivity index (χ4v) is 3.26. The van der Waals surface area contributed by atoms with Crippen LogP contribution in [0.1, 0.15) is 40.9 Å². The average Bonchev–Trinajstić information content (AvgIpc) is 3.11. The highest BCUT2D eigenvalue weighted by Gasteiger charge is 2.20. The van der Waals surface area contributed by atoms with Crippen LogP contribution in [0, 0.1) is 0 Å². The van der Waals surface area contributed by atoms with Crippen LogP contribution in [0.4, 0.5) is 0 Å². The summed E-state index contributed by atoms with van der Waals surface area (Å²) in [7, 11) is 1.33. The Balaban J connectivity index is 1.73. The van der Waals surface area contributed by atoms with E-state index >= 15 is 0 Å². The molecule has 0 saturated carbocycles. The van der Waals surface area contributed by atoms with E-state index in [0.29, 0.717) is 24.2 Å². The number of Topliss-reactive ketones (excluding diaryl/α,β-unsaturated/α-hetero) is 1. The molecular formula is C23H24N2O4. The zero-order chi connectivity index (χ0) is 20.6. The normalized spacial score (nSPS) is 10.7. The number of rotatable bonds is 9. The molecule has 2 aromatic carbocycles. The number of H-pyrrole nitrogens is 1. The van der Waals surface area contributed by atoms with Gasteiger partial charge in [0.25, 0.3) is 0 Å². The zero-order valence-corrected chi connectivity index (χ0v) is 16.4. The number of amides is 1. The molecule has 0 fully saturated rings. The van der Waals surface area contributed by atoms with Crippen LogP contribution >= 0.6 is 0 Å². The number of hydrogen-bond acceptors (Lipinski definition) is 4. The molecule has 150 valence electrons. The van der Waals surface area contributed by atoms with Gasteiger partial charge in [-0.15, -0.1) is 0 Å². The number of para-hydroxylation sites is 1. The van der Waals surface area contributed by atoms with E-state index in [1.165, 1.54) is 7.11 Å². The molecule has 6 nitrogen and oxygen atoms in total. The van der Waals surface area contributed by atoms with E-state index in [1.807, 2.05) is 54.6 Å². The van der Waals surface area contributed by atoms with Crippen molar-refractivity contribution in [2.75, 3.05) is 7.11 Å². The molecule has 29 heavy (non-hydrogen) atoms. The van der Waals surface area contributed by atoms with Crippen molar-refractivity contribution in [1.82, 2.24) is 10.3 Å². The molecule has 0 aliphatic heterocycles. The SMILES string of the molecule is COC(=O)CCCC(=O)c1[nH]c2ccccc2c1CC(=O)NCc1ccccc1. The van der Waals surface area contributed by atoms with Crippen LogP contribution in [-0.2, 0) is 27.3 Å².